The molecule has 0 aliphatic carbocycles. The van der Waals surface area contributed by atoms with E-state index in [-0.39, 0.29) is 6.61 Å². The van der Waals surface area contributed by atoms with E-state index < -0.39 is 5.54 Å². The van der Waals surface area contributed by atoms with Crippen molar-refractivity contribution in [3.05, 3.63) is 58.6 Å². The summed E-state index contributed by atoms with van der Waals surface area (Å²) in [7, 11) is 1.65. The average molecular weight is 350 g/mol. The number of halogens is 1. The van der Waals surface area contributed by atoms with Crippen molar-refractivity contribution in [2.24, 2.45) is 0 Å². The minimum atomic E-state index is -0.518. The first-order valence-corrected chi connectivity index (χ1v) is 7.72. The predicted molar refractivity (Wildman–Crippen MR) is 89.8 cm³/mol. The lowest BCUT2D eigenvalue weighted by atomic mass is 9.87. The smallest absolute Gasteiger partial charge is 0.118 e. The van der Waals surface area contributed by atoms with Crippen molar-refractivity contribution in [1.82, 2.24) is 0 Å². The number of methoxy groups -OCH3 is 1. The minimum Gasteiger partial charge on any atom is -0.497 e. The standard InChI is InChI=1S/C17H20BrNO2/c1-3-17(12-20,13-8-10-14(21-2)11-9-13)19-16-7-5-4-6-15(16)18/h4-11,19-20H,3,12H2,1-2H3. The molecule has 21 heavy (non-hydrogen) atoms. The normalized spacial score (nSPS) is 13.5. The van der Waals surface area contributed by atoms with Crippen LogP contribution in [0, 0.1) is 0 Å². The minimum absolute atomic E-state index is 0.0111. The van der Waals surface area contributed by atoms with Crippen molar-refractivity contribution < 1.29 is 9.84 Å². The van der Waals surface area contributed by atoms with E-state index in [0.717, 1.165) is 27.9 Å². The zero-order chi connectivity index (χ0) is 15.3. The van der Waals surface area contributed by atoms with E-state index in [1.165, 1.54) is 0 Å². The van der Waals surface area contributed by atoms with E-state index in [0.29, 0.717) is 0 Å². The van der Waals surface area contributed by atoms with Crippen LogP contribution in [0.5, 0.6) is 5.75 Å². The lowest BCUT2D eigenvalue weighted by Crippen LogP contribution is -2.38. The second-order valence-electron chi connectivity index (χ2n) is 4.93. The Hall–Kier alpha value is -1.52. The molecule has 2 aromatic carbocycles. The maximum atomic E-state index is 10.00. The summed E-state index contributed by atoms with van der Waals surface area (Å²) in [5.74, 6) is 0.808. The van der Waals surface area contributed by atoms with Crippen LogP contribution < -0.4 is 10.1 Å². The SMILES string of the molecule is CCC(CO)(Nc1ccccc1Br)c1ccc(OC)cc1. The highest BCUT2D eigenvalue weighted by molar-refractivity contribution is 9.10. The summed E-state index contributed by atoms with van der Waals surface area (Å²) in [6.07, 6.45) is 0.761. The molecule has 2 aromatic rings. The molecule has 0 heterocycles. The van der Waals surface area contributed by atoms with Crippen LogP contribution in [0.4, 0.5) is 5.69 Å². The summed E-state index contributed by atoms with van der Waals surface area (Å²) < 4.78 is 6.17. The molecule has 1 unspecified atom stereocenters. The van der Waals surface area contributed by atoms with Crippen molar-refractivity contribution in [3.63, 3.8) is 0 Å². The Morgan fingerprint density at radius 3 is 2.33 bits per heavy atom. The number of anilines is 1. The Labute approximate surface area is 134 Å². The second-order valence-corrected chi connectivity index (χ2v) is 5.78. The van der Waals surface area contributed by atoms with Gasteiger partial charge in [-0.3, -0.25) is 0 Å². The fraction of sp³-hybridized carbons (Fsp3) is 0.294. The van der Waals surface area contributed by atoms with Crippen LogP contribution >= 0.6 is 15.9 Å². The van der Waals surface area contributed by atoms with Crippen LogP contribution in [0.1, 0.15) is 18.9 Å². The highest BCUT2D eigenvalue weighted by Crippen LogP contribution is 2.33. The summed E-state index contributed by atoms with van der Waals surface area (Å²) >= 11 is 3.54. The number of ether oxygens (including phenoxy) is 1. The van der Waals surface area contributed by atoms with Gasteiger partial charge in [0.15, 0.2) is 0 Å². The van der Waals surface area contributed by atoms with Gasteiger partial charge in [0, 0.05) is 10.2 Å². The van der Waals surface area contributed by atoms with Crippen molar-refractivity contribution >= 4 is 21.6 Å². The van der Waals surface area contributed by atoms with Gasteiger partial charge in [-0.2, -0.15) is 0 Å². The van der Waals surface area contributed by atoms with Gasteiger partial charge in [-0.15, -0.1) is 0 Å². The van der Waals surface area contributed by atoms with Gasteiger partial charge in [-0.25, -0.2) is 0 Å². The molecule has 3 nitrogen and oxygen atoms in total. The number of nitrogens with one attached hydrogen (secondary N) is 1. The average Bonchev–Trinajstić information content (AvgIpc) is 2.55. The van der Waals surface area contributed by atoms with Crippen molar-refractivity contribution in [2.45, 2.75) is 18.9 Å². The summed E-state index contributed by atoms with van der Waals surface area (Å²) in [5, 5.41) is 13.5. The number of rotatable bonds is 6. The van der Waals surface area contributed by atoms with Gasteiger partial charge in [0.2, 0.25) is 0 Å². The summed E-state index contributed by atoms with van der Waals surface area (Å²) in [5.41, 5.74) is 1.48. The van der Waals surface area contributed by atoms with Crippen LogP contribution in [-0.4, -0.2) is 18.8 Å². The Balaban J connectivity index is 2.37. The third-order valence-corrected chi connectivity index (χ3v) is 4.46. The van der Waals surface area contributed by atoms with E-state index in [4.69, 9.17) is 4.74 Å². The zero-order valence-corrected chi connectivity index (χ0v) is 13.9. The molecule has 0 aliphatic rings. The van der Waals surface area contributed by atoms with Gasteiger partial charge in [0.1, 0.15) is 5.75 Å². The summed E-state index contributed by atoms with van der Waals surface area (Å²) in [4.78, 5) is 0. The van der Waals surface area contributed by atoms with Gasteiger partial charge in [0.25, 0.3) is 0 Å². The first-order chi connectivity index (χ1) is 10.1. The van der Waals surface area contributed by atoms with Gasteiger partial charge < -0.3 is 15.2 Å². The number of para-hydroxylation sites is 1. The Morgan fingerprint density at radius 2 is 1.81 bits per heavy atom. The number of hydrogen-bond donors (Lipinski definition) is 2. The molecule has 0 saturated carbocycles. The lowest BCUT2D eigenvalue weighted by molar-refractivity contribution is 0.207. The van der Waals surface area contributed by atoms with E-state index in [9.17, 15) is 5.11 Å². The summed E-state index contributed by atoms with van der Waals surface area (Å²) in [6.45, 7) is 2.07. The number of aliphatic hydroxyl groups is 1. The molecule has 2 rings (SSSR count). The Kier molecular flexibility index (Phi) is 5.26. The highest BCUT2D eigenvalue weighted by Gasteiger charge is 2.30. The maximum absolute atomic E-state index is 10.00. The van der Waals surface area contributed by atoms with E-state index in [2.05, 4.69) is 28.2 Å². The molecule has 0 aromatic heterocycles. The van der Waals surface area contributed by atoms with Crippen molar-refractivity contribution in [1.29, 1.82) is 0 Å². The molecule has 1 atom stereocenters. The highest BCUT2D eigenvalue weighted by atomic mass is 79.9. The molecule has 0 amide bonds. The summed E-state index contributed by atoms with van der Waals surface area (Å²) in [6, 6.07) is 15.7. The fourth-order valence-corrected chi connectivity index (χ4v) is 2.72. The van der Waals surface area contributed by atoms with Crippen molar-refractivity contribution in [3.8, 4) is 5.75 Å². The molecule has 4 heteroatoms. The van der Waals surface area contributed by atoms with Crippen LogP contribution in [0.15, 0.2) is 53.0 Å². The van der Waals surface area contributed by atoms with Gasteiger partial charge in [-0.1, -0.05) is 31.2 Å². The molecule has 112 valence electrons. The van der Waals surface area contributed by atoms with Crippen molar-refractivity contribution in [2.75, 3.05) is 19.0 Å². The first-order valence-electron chi connectivity index (χ1n) is 6.93. The van der Waals surface area contributed by atoms with Gasteiger partial charge in [0.05, 0.1) is 19.3 Å². The predicted octanol–water partition coefficient (Wildman–Crippen LogP) is 4.17. The molecule has 0 saturated heterocycles. The molecule has 2 N–H and O–H groups in total. The van der Waals surface area contributed by atoms with Gasteiger partial charge in [-0.05, 0) is 52.2 Å². The Bertz CT molecular complexity index is 580. The molecule has 0 fully saturated rings. The third-order valence-electron chi connectivity index (χ3n) is 3.76. The van der Waals surface area contributed by atoms with Crippen LogP contribution in [-0.2, 0) is 5.54 Å². The molecule has 0 radical (unpaired) electrons. The van der Waals surface area contributed by atoms with E-state index in [1.807, 2.05) is 48.5 Å². The molecule has 0 aliphatic heterocycles. The molecule has 0 spiro atoms. The maximum Gasteiger partial charge on any atom is 0.118 e. The number of aliphatic hydroxyl groups excluding tert-OH is 1. The largest absolute Gasteiger partial charge is 0.497 e. The second kappa shape index (κ2) is 6.96. The topological polar surface area (TPSA) is 41.5 Å². The third kappa shape index (κ3) is 3.39. The number of hydrogen-bond acceptors (Lipinski definition) is 3. The van der Waals surface area contributed by atoms with Crippen LogP contribution in [0.3, 0.4) is 0 Å². The lowest BCUT2D eigenvalue weighted by Gasteiger charge is -2.34. The quantitative estimate of drug-likeness (QED) is 0.822. The zero-order valence-electron chi connectivity index (χ0n) is 12.3. The molecule has 0 bridgehead atoms. The Morgan fingerprint density at radius 1 is 1.14 bits per heavy atom. The number of benzene rings is 2. The van der Waals surface area contributed by atoms with E-state index in [1.54, 1.807) is 7.11 Å². The molecular formula is C17H20BrNO2. The van der Waals surface area contributed by atoms with Crippen LogP contribution in [0.25, 0.3) is 0 Å². The monoisotopic (exact) mass is 349 g/mol. The van der Waals surface area contributed by atoms with Crippen LogP contribution in [0.2, 0.25) is 0 Å². The van der Waals surface area contributed by atoms with E-state index >= 15 is 0 Å². The van der Waals surface area contributed by atoms with Gasteiger partial charge >= 0.3 is 0 Å². The first kappa shape index (κ1) is 15.9. The fourth-order valence-electron chi connectivity index (χ4n) is 2.34. The molecular weight excluding hydrogens is 330 g/mol.